The lowest BCUT2D eigenvalue weighted by Crippen LogP contribution is -2.32. The largest absolute Gasteiger partial charge is 0.444 e. The first-order chi connectivity index (χ1) is 10.8. The van der Waals surface area contributed by atoms with Crippen LogP contribution in [-0.4, -0.2) is 43.3 Å². The zero-order chi connectivity index (χ0) is 16.9. The lowest BCUT2D eigenvalue weighted by molar-refractivity contribution is 0.0636. The first kappa shape index (κ1) is 17.6. The van der Waals surface area contributed by atoms with Crippen LogP contribution in [0.3, 0.4) is 0 Å². The van der Waals surface area contributed by atoms with Crippen LogP contribution in [-0.2, 0) is 4.74 Å². The summed E-state index contributed by atoms with van der Waals surface area (Å²) in [6.07, 6.45) is 2.04. The number of hydrogen-bond donors (Lipinski definition) is 2. The van der Waals surface area contributed by atoms with Crippen molar-refractivity contribution in [2.24, 2.45) is 5.92 Å². The predicted octanol–water partition coefficient (Wildman–Crippen LogP) is 3.79. The molecule has 2 N–H and O–H groups in total. The molecule has 0 saturated carbocycles. The molecule has 1 aromatic carbocycles. The van der Waals surface area contributed by atoms with Gasteiger partial charge in [-0.15, -0.1) is 0 Å². The number of hydrogen-bond acceptors (Lipinski definition) is 4. The summed E-state index contributed by atoms with van der Waals surface area (Å²) < 4.78 is 5.27. The highest BCUT2D eigenvalue weighted by molar-refractivity contribution is 5.85. The third-order valence-electron chi connectivity index (χ3n) is 3.94. The van der Waals surface area contributed by atoms with Gasteiger partial charge in [0.1, 0.15) is 5.60 Å². The van der Waals surface area contributed by atoms with E-state index in [1.807, 2.05) is 45.0 Å². The van der Waals surface area contributed by atoms with E-state index < -0.39 is 11.7 Å². The van der Waals surface area contributed by atoms with Crippen LogP contribution in [0.15, 0.2) is 24.3 Å². The van der Waals surface area contributed by atoms with E-state index in [0.717, 1.165) is 17.9 Å². The molecule has 128 valence electrons. The number of carbonyl (C=O) groups is 1. The van der Waals surface area contributed by atoms with Crippen LogP contribution < -0.4 is 10.6 Å². The summed E-state index contributed by atoms with van der Waals surface area (Å²) in [7, 11) is 2.18. The summed E-state index contributed by atoms with van der Waals surface area (Å²) in [6.45, 7) is 8.88. The number of likely N-dealkylation sites (tertiary alicyclic amines) is 1. The van der Waals surface area contributed by atoms with Crippen molar-refractivity contribution < 1.29 is 9.53 Å². The molecule has 5 heteroatoms. The maximum absolute atomic E-state index is 11.8. The Morgan fingerprint density at radius 1 is 1.26 bits per heavy atom. The van der Waals surface area contributed by atoms with Crippen LogP contribution in [0.1, 0.15) is 33.6 Å². The molecule has 1 saturated heterocycles. The van der Waals surface area contributed by atoms with E-state index in [1.165, 1.54) is 25.9 Å². The van der Waals surface area contributed by atoms with Gasteiger partial charge in [-0.3, -0.25) is 5.32 Å². The first-order valence-electron chi connectivity index (χ1n) is 8.34. The van der Waals surface area contributed by atoms with Crippen LogP contribution in [0, 0.1) is 5.92 Å². The monoisotopic (exact) mass is 319 g/mol. The second kappa shape index (κ2) is 7.68. The summed E-state index contributed by atoms with van der Waals surface area (Å²) in [6, 6.07) is 7.77. The number of carbonyl (C=O) groups excluding carboxylic acids is 1. The third kappa shape index (κ3) is 6.48. The number of benzene rings is 1. The van der Waals surface area contributed by atoms with Crippen LogP contribution >= 0.6 is 0 Å². The normalized spacial score (nSPS) is 16.9. The molecule has 1 aliphatic heterocycles. The fourth-order valence-corrected chi connectivity index (χ4v) is 2.66. The second-order valence-corrected chi connectivity index (χ2v) is 7.34. The Labute approximate surface area is 139 Å². The molecule has 2 rings (SSSR count). The van der Waals surface area contributed by atoms with E-state index in [4.69, 9.17) is 4.74 Å². The van der Waals surface area contributed by atoms with Gasteiger partial charge >= 0.3 is 6.09 Å². The first-order valence-corrected chi connectivity index (χ1v) is 8.34. The van der Waals surface area contributed by atoms with Gasteiger partial charge in [0.25, 0.3) is 0 Å². The molecular weight excluding hydrogens is 290 g/mol. The van der Waals surface area contributed by atoms with E-state index in [1.54, 1.807) is 0 Å². The van der Waals surface area contributed by atoms with Crippen molar-refractivity contribution in [3.05, 3.63) is 24.3 Å². The summed E-state index contributed by atoms with van der Waals surface area (Å²) in [5, 5.41) is 6.26. The van der Waals surface area contributed by atoms with Gasteiger partial charge in [-0.05, 0) is 77.9 Å². The highest BCUT2D eigenvalue weighted by Gasteiger charge is 2.17. The van der Waals surface area contributed by atoms with E-state index >= 15 is 0 Å². The van der Waals surface area contributed by atoms with Crippen molar-refractivity contribution >= 4 is 17.5 Å². The topological polar surface area (TPSA) is 53.6 Å². The van der Waals surface area contributed by atoms with Crippen molar-refractivity contribution in [3.63, 3.8) is 0 Å². The number of anilines is 2. The summed E-state index contributed by atoms with van der Waals surface area (Å²) >= 11 is 0. The molecule has 1 fully saturated rings. The van der Waals surface area contributed by atoms with Gasteiger partial charge in [0.2, 0.25) is 0 Å². The summed E-state index contributed by atoms with van der Waals surface area (Å²) in [4.78, 5) is 14.2. The number of nitrogens with one attached hydrogen (secondary N) is 2. The maximum Gasteiger partial charge on any atom is 0.412 e. The fraction of sp³-hybridized carbons (Fsp3) is 0.611. The van der Waals surface area contributed by atoms with Gasteiger partial charge in [0.05, 0.1) is 0 Å². The molecule has 1 heterocycles. The molecule has 0 aliphatic carbocycles. The Kier molecular flexibility index (Phi) is 5.88. The molecule has 0 aromatic heterocycles. The third-order valence-corrected chi connectivity index (χ3v) is 3.94. The molecule has 0 atom stereocenters. The second-order valence-electron chi connectivity index (χ2n) is 7.34. The highest BCUT2D eigenvalue weighted by Crippen LogP contribution is 2.20. The number of rotatable bonds is 4. The molecule has 0 radical (unpaired) electrons. The molecule has 5 nitrogen and oxygen atoms in total. The summed E-state index contributed by atoms with van der Waals surface area (Å²) in [5.74, 6) is 0.716. The van der Waals surface area contributed by atoms with Crippen molar-refractivity contribution in [3.8, 4) is 0 Å². The molecule has 1 amide bonds. The van der Waals surface area contributed by atoms with E-state index in [2.05, 4.69) is 22.6 Å². The predicted molar refractivity (Wildman–Crippen MR) is 95.0 cm³/mol. The van der Waals surface area contributed by atoms with Crippen molar-refractivity contribution in [1.29, 1.82) is 0 Å². The molecule has 23 heavy (non-hydrogen) atoms. The lowest BCUT2D eigenvalue weighted by Gasteiger charge is -2.29. The zero-order valence-electron chi connectivity index (χ0n) is 14.7. The van der Waals surface area contributed by atoms with Gasteiger partial charge in [0.15, 0.2) is 0 Å². The molecule has 0 spiro atoms. The van der Waals surface area contributed by atoms with Crippen molar-refractivity contribution in [2.45, 2.75) is 39.2 Å². The van der Waals surface area contributed by atoms with Crippen LogP contribution in [0.25, 0.3) is 0 Å². The Bertz CT molecular complexity index is 517. The molecule has 0 unspecified atom stereocenters. The van der Waals surface area contributed by atoms with Crippen LogP contribution in [0.4, 0.5) is 16.2 Å². The molecule has 0 bridgehead atoms. The SMILES string of the molecule is CN1CCC(CNc2cccc(NC(=O)OC(C)(C)C)c2)CC1. The van der Waals surface area contributed by atoms with Crippen LogP contribution in [0.2, 0.25) is 0 Å². The van der Waals surface area contributed by atoms with E-state index in [0.29, 0.717) is 5.92 Å². The molecule has 1 aromatic rings. The highest BCUT2D eigenvalue weighted by atomic mass is 16.6. The average molecular weight is 319 g/mol. The van der Waals surface area contributed by atoms with Gasteiger partial charge in [-0.1, -0.05) is 6.07 Å². The quantitative estimate of drug-likeness (QED) is 0.886. The Morgan fingerprint density at radius 2 is 1.91 bits per heavy atom. The standard InChI is InChI=1S/C18H29N3O2/c1-18(2,3)23-17(22)20-16-7-5-6-15(12-16)19-13-14-8-10-21(4)11-9-14/h5-7,12,14,19H,8-11,13H2,1-4H3,(H,20,22). The summed E-state index contributed by atoms with van der Waals surface area (Å²) in [5.41, 5.74) is 1.28. The van der Waals surface area contributed by atoms with E-state index in [9.17, 15) is 4.79 Å². The number of ether oxygens (including phenoxy) is 1. The minimum Gasteiger partial charge on any atom is -0.444 e. The van der Waals surface area contributed by atoms with Gasteiger partial charge in [-0.25, -0.2) is 4.79 Å². The van der Waals surface area contributed by atoms with Gasteiger partial charge in [-0.2, -0.15) is 0 Å². The van der Waals surface area contributed by atoms with Gasteiger partial charge < -0.3 is 15.0 Å². The Balaban J connectivity index is 1.83. The number of nitrogens with zero attached hydrogens (tertiary/aromatic N) is 1. The maximum atomic E-state index is 11.8. The molecular formula is C18H29N3O2. The Morgan fingerprint density at radius 3 is 2.57 bits per heavy atom. The zero-order valence-corrected chi connectivity index (χ0v) is 14.7. The van der Waals surface area contributed by atoms with Crippen molar-refractivity contribution in [1.82, 2.24) is 4.90 Å². The smallest absolute Gasteiger partial charge is 0.412 e. The lowest BCUT2D eigenvalue weighted by atomic mass is 9.97. The van der Waals surface area contributed by atoms with Crippen LogP contribution in [0.5, 0.6) is 0 Å². The van der Waals surface area contributed by atoms with Gasteiger partial charge in [0, 0.05) is 17.9 Å². The van der Waals surface area contributed by atoms with Crippen molar-refractivity contribution in [2.75, 3.05) is 37.3 Å². The minimum atomic E-state index is -0.492. The minimum absolute atomic E-state index is 0.426. The fourth-order valence-electron chi connectivity index (χ4n) is 2.66. The Hall–Kier alpha value is -1.75. The molecule has 1 aliphatic rings. The number of piperidine rings is 1. The van der Waals surface area contributed by atoms with E-state index in [-0.39, 0.29) is 0 Å². The average Bonchev–Trinajstić information content (AvgIpc) is 2.45. The number of amides is 1.